The quantitative estimate of drug-likeness (QED) is 0.248. The van der Waals surface area contributed by atoms with Crippen molar-refractivity contribution in [2.75, 3.05) is 0 Å². The Morgan fingerprint density at radius 1 is 0.686 bits per heavy atom. The molecule has 0 aliphatic carbocycles. The molecule has 0 amide bonds. The van der Waals surface area contributed by atoms with E-state index in [9.17, 15) is 0 Å². The predicted molar refractivity (Wildman–Crippen MR) is 137 cm³/mol. The zero-order valence-corrected chi connectivity index (χ0v) is 20.8. The molecule has 1 aliphatic rings. The molecule has 0 saturated carbocycles. The Balaban J connectivity index is 1.58. The number of unbranched alkanes of at least 4 members (excludes halogenated alkanes) is 6. The molecule has 186 valence electrons. The van der Waals surface area contributed by atoms with Gasteiger partial charge in [0, 0.05) is 5.56 Å². The molecule has 0 spiro atoms. The van der Waals surface area contributed by atoms with Crippen LogP contribution in [0.25, 0.3) is 22.3 Å². The van der Waals surface area contributed by atoms with Gasteiger partial charge in [-0.3, -0.25) is 0 Å². The number of hydrogen-bond acceptors (Lipinski definition) is 1. The Morgan fingerprint density at radius 2 is 1.31 bits per heavy atom. The molecule has 0 N–H and O–H groups in total. The third-order valence-electron chi connectivity index (χ3n) is 6.94. The SMILES string of the molecule is CCCCCCc1ccc(-c2ccc3c(c2)C(F)(F)Oc2c-3ccc(CCCCCC)c2F)cc1. The molecule has 35 heavy (non-hydrogen) atoms. The van der Waals surface area contributed by atoms with Gasteiger partial charge in [0.2, 0.25) is 0 Å². The van der Waals surface area contributed by atoms with Crippen molar-refractivity contribution in [3.63, 3.8) is 0 Å². The van der Waals surface area contributed by atoms with E-state index in [4.69, 9.17) is 4.74 Å². The van der Waals surface area contributed by atoms with E-state index in [1.54, 1.807) is 18.2 Å². The molecule has 3 aromatic carbocycles. The van der Waals surface area contributed by atoms with Crippen molar-refractivity contribution < 1.29 is 17.9 Å². The maximum absolute atomic E-state index is 15.2. The largest absolute Gasteiger partial charge is 0.427 e. The molecule has 0 fully saturated rings. The number of benzene rings is 3. The van der Waals surface area contributed by atoms with E-state index in [1.807, 2.05) is 18.2 Å². The van der Waals surface area contributed by atoms with Gasteiger partial charge in [0.25, 0.3) is 0 Å². The summed E-state index contributed by atoms with van der Waals surface area (Å²) in [6, 6.07) is 16.5. The summed E-state index contributed by atoms with van der Waals surface area (Å²) < 4.78 is 50.4. The van der Waals surface area contributed by atoms with Crippen LogP contribution < -0.4 is 4.74 Å². The third kappa shape index (κ3) is 5.74. The normalized spacial score (nSPS) is 13.7. The summed E-state index contributed by atoms with van der Waals surface area (Å²) in [6.45, 7) is 4.31. The Hall–Kier alpha value is -2.75. The van der Waals surface area contributed by atoms with Crippen molar-refractivity contribution in [2.24, 2.45) is 0 Å². The number of ether oxygens (including phenoxy) is 1. The topological polar surface area (TPSA) is 9.23 Å². The second-order valence-corrected chi connectivity index (χ2v) is 9.61. The van der Waals surface area contributed by atoms with E-state index >= 15 is 13.2 Å². The first-order chi connectivity index (χ1) is 16.9. The number of hydrogen-bond donors (Lipinski definition) is 0. The molecule has 0 aromatic heterocycles. The molecular formula is C31H35F3O. The van der Waals surface area contributed by atoms with Crippen molar-refractivity contribution >= 4 is 0 Å². The van der Waals surface area contributed by atoms with Gasteiger partial charge in [-0.25, -0.2) is 4.39 Å². The van der Waals surface area contributed by atoms with Crippen LogP contribution in [0.15, 0.2) is 54.6 Å². The lowest BCUT2D eigenvalue weighted by Gasteiger charge is -2.29. The number of alkyl halides is 2. The molecule has 0 bridgehead atoms. The molecule has 4 rings (SSSR count). The van der Waals surface area contributed by atoms with Gasteiger partial charge >= 0.3 is 6.11 Å². The Kier molecular flexibility index (Phi) is 8.20. The van der Waals surface area contributed by atoms with Gasteiger partial charge in [-0.15, -0.1) is 0 Å². The number of fused-ring (bicyclic) bond motifs is 3. The lowest BCUT2D eigenvalue weighted by molar-refractivity contribution is -0.188. The van der Waals surface area contributed by atoms with Crippen molar-refractivity contribution in [3.8, 4) is 28.0 Å². The summed E-state index contributed by atoms with van der Waals surface area (Å²) >= 11 is 0. The fraction of sp³-hybridized carbons (Fsp3) is 0.419. The zero-order valence-electron chi connectivity index (χ0n) is 20.8. The lowest BCUT2D eigenvalue weighted by Crippen LogP contribution is -2.27. The summed E-state index contributed by atoms with van der Waals surface area (Å²) in [7, 11) is 0. The zero-order chi connectivity index (χ0) is 24.8. The average molecular weight is 481 g/mol. The Bertz CT molecular complexity index is 1130. The van der Waals surface area contributed by atoms with Crippen LogP contribution in [-0.2, 0) is 19.0 Å². The Morgan fingerprint density at radius 3 is 2.00 bits per heavy atom. The van der Waals surface area contributed by atoms with Crippen LogP contribution in [0.3, 0.4) is 0 Å². The van der Waals surface area contributed by atoms with Crippen LogP contribution >= 0.6 is 0 Å². The van der Waals surface area contributed by atoms with E-state index in [0.717, 1.165) is 44.1 Å². The van der Waals surface area contributed by atoms with E-state index in [-0.39, 0.29) is 11.3 Å². The summed E-state index contributed by atoms with van der Waals surface area (Å²) in [5.74, 6) is -1.00. The second-order valence-electron chi connectivity index (χ2n) is 9.61. The first kappa shape index (κ1) is 25.3. The standard InChI is InChI=1S/C31H35F3O/c1-3-5-7-9-11-22-13-15-23(16-14-22)25-18-19-26-27-20-17-24(12-10-8-6-4-2)29(32)30(27)35-31(33,34)28(26)21-25/h13-21H,3-12H2,1-2H3. The number of halogens is 3. The van der Waals surface area contributed by atoms with E-state index in [1.165, 1.54) is 30.9 Å². The second kappa shape index (κ2) is 11.3. The molecule has 4 heteroatoms. The van der Waals surface area contributed by atoms with Crippen LogP contribution in [0.1, 0.15) is 81.9 Å². The highest BCUT2D eigenvalue weighted by atomic mass is 19.3. The van der Waals surface area contributed by atoms with Gasteiger partial charge in [0.05, 0.1) is 5.56 Å². The highest BCUT2D eigenvalue weighted by Gasteiger charge is 2.43. The molecule has 0 unspecified atom stereocenters. The maximum Gasteiger partial charge on any atom is 0.427 e. The molecule has 0 atom stereocenters. The summed E-state index contributed by atoms with van der Waals surface area (Å²) in [6.07, 6.45) is 6.79. The molecule has 1 aliphatic heterocycles. The van der Waals surface area contributed by atoms with Gasteiger partial charge in [-0.1, -0.05) is 101 Å². The molecule has 1 heterocycles. The van der Waals surface area contributed by atoms with Gasteiger partial charge < -0.3 is 4.74 Å². The van der Waals surface area contributed by atoms with Crippen molar-refractivity contribution in [1.82, 2.24) is 0 Å². The lowest BCUT2D eigenvalue weighted by atomic mass is 9.90. The minimum Gasteiger partial charge on any atom is -0.425 e. The van der Waals surface area contributed by atoms with Crippen molar-refractivity contribution in [1.29, 1.82) is 0 Å². The summed E-state index contributed by atoms with van der Waals surface area (Å²) in [5.41, 5.74) is 3.75. The van der Waals surface area contributed by atoms with Crippen LogP contribution in [0.2, 0.25) is 0 Å². The van der Waals surface area contributed by atoms with E-state index in [2.05, 4.69) is 26.0 Å². The first-order valence-corrected chi connectivity index (χ1v) is 13.1. The molecule has 1 nitrogen and oxygen atoms in total. The fourth-order valence-electron chi connectivity index (χ4n) is 4.85. The smallest absolute Gasteiger partial charge is 0.425 e. The van der Waals surface area contributed by atoms with Crippen LogP contribution in [0.4, 0.5) is 13.2 Å². The monoisotopic (exact) mass is 480 g/mol. The van der Waals surface area contributed by atoms with Crippen LogP contribution in [0, 0.1) is 5.82 Å². The molecule has 0 saturated heterocycles. The predicted octanol–water partition coefficient (Wildman–Crippen LogP) is 9.85. The minimum absolute atomic E-state index is 0.221. The van der Waals surface area contributed by atoms with Crippen LogP contribution in [0.5, 0.6) is 5.75 Å². The fourth-order valence-corrected chi connectivity index (χ4v) is 4.85. The highest BCUT2D eigenvalue weighted by Crippen LogP contribution is 2.49. The van der Waals surface area contributed by atoms with E-state index in [0.29, 0.717) is 28.7 Å². The van der Waals surface area contributed by atoms with Gasteiger partial charge in [-0.05, 0) is 59.6 Å². The highest BCUT2D eigenvalue weighted by molar-refractivity contribution is 5.80. The number of rotatable bonds is 11. The van der Waals surface area contributed by atoms with Gasteiger partial charge in [-0.2, -0.15) is 8.78 Å². The molecule has 0 radical (unpaired) electrons. The summed E-state index contributed by atoms with van der Waals surface area (Å²) in [5, 5.41) is 0. The first-order valence-electron chi connectivity index (χ1n) is 13.1. The Labute approximate surface area is 207 Å². The average Bonchev–Trinajstić information content (AvgIpc) is 2.86. The van der Waals surface area contributed by atoms with Gasteiger partial charge in [0.1, 0.15) is 0 Å². The van der Waals surface area contributed by atoms with E-state index < -0.39 is 11.9 Å². The van der Waals surface area contributed by atoms with Crippen molar-refractivity contribution in [2.45, 2.75) is 84.2 Å². The summed E-state index contributed by atoms with van der Waals surface area (Å²) in [4.78, 5) is 0. The van der Waals surface area contributed by atoms with Crippen LogP contribution in [-0.4, -0.2) is 0 Å². The third-order valence-corrected chi connectivity index (χ3v) is 6.94. The van der Waals surface area contributed by atoms with Gasteiger partial charge in [0.15, 0.2) is 11.6 Å². The molecule has 3 aromatic rings. The maximum atomic E-state index is 15.2. The number of aryl methyl sites for hydroxylation is 2. The molecular weight excluding hydrogens is 445 g/mol. The van der Waals surface area contributed by atoms with Crippen molar-refractivity contribution in [3.05, 3.63) is 77.1 Å². The minimum atomic E-state index is -3.60.